The van der Waals surface area contributed by atoms with Gasteiger partial charge < -0.3 is 19.1 Å². The lowest BCUT2D eigenvalue weighted by Gasteiger charge is -2.13. The van der Waals surface area contributed by atoms with Gasteiger partial charge in [0.25, 0.3) is 0 Å². The minimum atomic E-state index is -1.24. The van der Waals surface area contributed by atoms with E-state index in [1.54, 1.807) is 10.6 Å². The van der Waals surface area contributed by atoms with Crippen LogP contribution >= 0.6 is 0 Å². The van der Waals surface area contributed by atoms with Crippen LogP contribution in [0.5, 0.6) is 11.5 Å². The van der Waals surface area contributed by atoms with Gasteiger partial charge >= 0.3 is 5.97 Å². The van der Waals surface area contributed by atoms with E-state index in [0.29, 0.717) is 28.9 Å². The van der Waals surface area contributed by atoms with E-state index >= 15 is 0 Å². The molecule has 0 amide bonds. The summed E-state index contributed by atoms with van der Waals surface area (Å²) in [5.41, 5.74) is -0.176. The van der Waals surface area contributed by atoms with Crippen molar-refractivity contribution in [1.82, 2.24) is 4.57 Å². The summed E-state index contributed by atoms with van der Waals surface area (Å²) < 4.78 is 12.1. The van der Waals surface area contributed by atoms with Crippen molar-refractivity contribution in [3.05, 3.63) is 34.1 Å². The van der Waals surface area contributed by atoms with E-state index in [0.717, 1.165) is 0 Å². The molecule has 2 aromatic rings. The third-order valence-electron chi connectivity index (χ3n) is 3.16. The molecule has 20 heavy (non-hydrogen) atoms. The van der Waals surface area contributed by atoms with Crippen molar-refractivity contribution in [2.75, 3.05) is 14.2 Å². The van der Waals surface area contributed by atoms with Crippen molar-refractivity contribution in [2.45, 2.75) is 13.5 Å². The van der Waals surface area contributed by atoms with E-state index in [1.165, 1.54) is 26.5 Å². The van der Waals surface area contributed by atoms with Crippen molar-refractivity contribution >= 4 is 16.9 Å². The minimum absolute atomic E-state index is 0.258. The SMILES string of the molecule is CCn1cc(C(=O)O)c(=O)c2cc(OC)c(OC)cc21. The lowest BCUT2D eigenvalue weighted by atomic mass is 10.1. The van der Waals surface area contributed by atoms with Gasteiger partial charge in [0, 0.05) is 18.8 Å². The molecular weight excluding hydrogens is 262 g/mol. The Morgan fingerprint density at radius 1 is 1.25 bits per heavy atom. The van der Waals surface area contributed by atoms with E-state index in [-0.39, 0.29) is 5.56 Å². The summed E-state index contributed by atoms with van der Waals surface area (Å²) in [6, 6.07) is 3.18. The minimum Gasteiger partial charge on any atom is -0.493 e. The highest BCUT2D eigenvalue weighted by molar-refractivity contribution is 5.93. The fourth-order valence-corrected chi connectivity index (χ4v) is 2.13. The smallest absolute Gasteiger partial charge is 0.341 e. The summed E-state index contributed by atoms with van der Waals surface area (Å²) in [6.45, 7) is 2.40. The standard InChI is InChI=1S/C14H15NO5/c1-4-15-7-9(14(17)18)13(16)8-5-11(19-2)12(20-3)6-10(8)15/h5-7H,4H2,1-3H3,(H,17,18). The van der Waals surface area contributed by atoms with Gasteiger partial charge in [-0.1, -0.05) is 0 Å². The summed E-state index contributed by atoms with van der Waals surface area (Å²) in [5, 5.41) is 9.40. The maximum Gasteiger partial charge on any atom is 0.341 e. The van der Waals surface area contributed by atoms with Crippen LogP contribution in [0.1, 0.15) is 17.3 Å². The molecule has 0 unspecified atom stereocenters. The van der Waals surface area contributed by atoms with E-state index in [4.69, 9.17) is 14.6 Å². The highest BCUT2D eigenvalue weighted by Gasteiger charge is 2.16. The van der Waals surface area contributed by atoms with Crippen LogP contribution in [0.2, 0.25) is 0 Å². The zero-order valence-electron chi connectivity index (χ0n) is 11.5. The fourth-order valence-electron chi connectivity index (χ4n) is 2.13. The Morgan fingerprint density at radius 2 is 1.85 bits per heavy atom. The Morgan fingerprint density at radius 3 is 2.35 bits per heavy atom. The van der Waals surface area contributed by atoms with Crippen LogP contribution in [0, 0.1) is 0 Å². The molecule has 106 valence electrons. The first-order valence-electron chi connectivity index (χ1n) is 6.06. The molecule has 0 aliphatic carbocycles. The van der Waals surface area contributed by atoms with Gasteiger partial charge in [0.2, 0.25) is 5.43 Å². The second-order valence-corrected chi connectivity index (χ2v) is 4.19. The molecule has 6 heteroatoms. The summed E-state index contributed by atoms with van der Waals surface area (Å²) in [5.74, 6) is -0.360. The van der Waals surface area contributed by atoms with E-state index in [1.807, 2.05) is 6.92 Å². The Balaban J connectivity index is 2.94. The molecule has 1 aromatic heterocycles. The highest BCUT2D eigenvalue weighted by atomic mass is 16.5. The molecule has 0 aliphatic heterocycles. The third-order valence-corrected chi connectivity index (χ3v) is 3.16. The summed E-state index contributed by atoms with van der Waals surface area (Å²) in [4.78, 5) is 23.4. The van der Waals surface area contributed by atoms with Gasteiger partial charge in [-0.2, -0.15) is 0 Å². The Hall–Kier alpha value is -2.50. The monoisotopic (exact) mass is 277 g/mol. The number of aryl methyl sites for hydroxylation is 1. The van der Waals surface area contributed by atoms with Gasteiger partial charge in [0.15, 0.2) is 11.5 Å². The van der Waals surface area contributed by atoms with Crippen LogP contribution in [-0.2, 0) is 6.54 Å². The molecule has 1 heterocycles. The van der Waals surface area contributed by atoms with Crippen molar-refractivity contribution in [3.8, 4) is 11.5 Å². The molecule has 0 saturated heterocycles. The number of aromatic nitrogens is 1. The van der Waals surface area contributed by atoms with Crippen molar-refractivity contribution in [3.63, 3.8) is 0 Å². The number of hydrogen-bond acceptors (Lipinski definition) is 4. The van der Waals surface area contributed by atoms with Crippen LogP contribution in [0.4, 0.5) is 0 Å². The lowest BCUT2D eigenvalue weighted by Crippen LogP contribution is -2.18. The van der Waals surface area contributed by atoms with Gasteiger partial charge in [0.1, 0.15) is 5.56 Å². The van der Waals surface area contributed by atoms with Crippen LogP contribution in [0.25, 0.3) is 10.9 Å². The third kappa shape index (κ3) is 2.09. The van der Waals surface area contributed by atoms with Gasteiger partial charge in [-0.3, -0.25) is 4.79 Å². The fraction of sp³-hybridized carbons (Fsp3) is 0.286. The number of carboxylic acids is 1. The first kappa shape index (κ1) is 13.9. The molecule has 1 aromatic carbocycles. The van der Waals surface area contributed by atoms with Crippen molar-refractivity contribution in [1.29, 1.82) is 0 Å². The number of ether oxygens (including phenoxy) is 2. The number of methoxy groups -OCH3 is 2. The second kappa shape index (κ2) is 5.24. The maximum absolute atomic E-state index is 12.2. The van der Waals surface area contributed by atoms with Crippen LogP contribution in [-0.4, -0.2) is 29.9 Å². The Labute approximate surface area is 115 Å². The molecule has 0 aliphatic rings. The molecular formula is C14H15NO5. The number of pyridine rings is 1. The molecule has 0 spiro atoms. The lowest BCUT2D eigenvalue weighted by molar-refractivity contribution is 0.0695. The quantitative estimate of drug-likeness (QED) is 0.921. The first-order chi connectivity index (χ1) is 9.53. The predicted octanol–water partition coefficient (Wildman–Crippen LogP) is 1.74. The van der Waals surface area contributed by atoms with E-state index < -0.39 is 11.4 Å². The van der Waals surface area contributed by atoms with Crippen LogP contribution < -0.4 is 14.9 Å². The molecule has 0 fully saturated rings. The number of carbonyl (C=O) groups is 1. The number of aromatic carboxylic acids is 1. The van der Waals surface area contributed by atoms with Gasteiger partial charge in [-0.05, 0) is 13.0 Å². The van der Waals surface area contributed by atoms with Crippen molar-refractivity contribution < 1.29 is 19.4 Å². The Kier molecular flexibility index (Phi) is 3.65. The largest absolute Gasteiger partial charge is 0.493 e. The van der Waals surface area contributed by atoms with E-state index in [9.17, 15) is 9.59 Å². The molecule has 0 atom stereocenters. The topological polar surface area (TPSA) is 77.8 Å². The van der Waals surface area contributed by atoms with Crippen LogP contribution in [0.15, 0.2) is 23.1 Å². The zero-order valence-corrected chi connectivity index (χ0v) is 11.5. The molecule has 6 nitrogen and oxygen atoms in total. The molecule has 1 N–H and O–H groups in total. The average Bonchev–Trinajstić information content (AvgIpc) is 2.46. The second-order valence-electron chi connectivity index (χ2n) is 4.19. The molecule has 0 bridgehead atoms. The first-order valence-corrected chi connectivity index (χ1v) is 6.06. The van der Waals surface area contributed by atoms with Gasteiger partial charge in [-0.15, -0.1) is 0 Å². The van der Waals surface area contributed by atoms with Gasteiger partial charge in [0.05, 0.1) is 25.1 Å². The number of rotatable bonds is 4. The summed E-state index contributed by atoms with van der Waals surface area (Å²) in [7, 11) is 2.97. The molecule has 0 radical (unpaired) electrons. The number of nitrogens with zero attached hydrogens (tertiary/aromatic N) is 1. The predicted molar refractivity (Wildman–Crippen MR) is 73.9 cm³/mol. The Bertz CT molecular complexity index is 732. The number of benzene rings is 1. The maximum atomic E-state index is 12.2. The summed E-state index contributed by atoms with van der Waals surface area (Å²) in [6.07, 6.45) is 1.35. The van der Waals surface area contributed by atoms with Crippen LogP contribution in [0.3, 0.4) is 0 Å². The number of hydrogen-bond donors (Lipinski definition) is 1. The average molecular weight is 277 g/mol. The normalized spacial score (nSPS) is 10.6. The number of carboxylic acid groups (broad SMARTS) is 1. The van der Waals surface area contributed by atoms with Crippen molar-refractivity contribution in [2.24, 2.45) is 0 Å². The zero-order chi connectivity index (χ0) is 14.9. The summed E-state index contributed by atoms with van der Waals surface area (Å²) >= 11 is 0. The molecule has 2 rings (SSSR count). The number of fused-ring (bicyclic) bond motifs is 1. The molecule has 0 saturated carbocycles. The van der Waals surface area contributed by atoms with E-state index in [2.05, 4.69) is 0 Å². The van der Waals surface area contributed by atoms with Gasteiger partial charge in [-0.25, -0.2) is 4.79 Å². The highest BCUT2D eigenvalue weighted by Crippen LogP contribution is 2.31.